The third kappa shape index (κ3) is 1.82. The standard InChI is InChI=1S/C9H12N2.C2H6/c1-7-9-5-3-4-6-11(9)8(2)10-7;1-2/h3,5H,4,6H2,1-2H3;1-2H3. The summed E-state index contributed by atoms with van der Waals surface area (Å²) in [5, 5.41) is 0. The highest BCUT2D eigenvalue weighted by molar-refractivity contribution is 5.50. The maximum absolute atomic E-state index is 4.40. The number of nitrogens with zero attached hydrogens (tertiary/aromatic N) is 2. The Bertz CT molecular complexity index is 308. The summed E-state index contributed by atoms with van der Waals surface area (Å²) < 4.78 is 2.27. The summed E-state index contributed by atoms with van der Waals surface area (Å²) in [7, 11) is 0. The van der Waals surface area contributed by atoms with Crippen LogP contribution in [-0.2, 0) is 6.54 Å². The van der Waals surface area contributed by atoms with E-state index in [2.05, 4.69) is 35.6 Å². The quantitative estimate of drug-likeness (QED) is 0.597. The van der Waals surface area contributed by atoms with Crippen molar-refractivity contribution < 1.29 is 0 Å². The number of hydrogen-bond donors (Lipinski definition) is 0. The minimum absolute atomic E-state index is 1.10. The Morgan fingerprint density at radius 1 is 1.31 bits per heavy atom. The molecule has 1 aliphatic heterocycles. The summed E-state index contributed by atoms with van der Waals surface area (Å²) in [6.45, 7) is 9.22. The number of allylic oxidation sites excluding steroid dienone is 1. The lowest BCUT2D eigenvalue weighted by Crippen LogP contribution is -2.05. The van der Waals surface area contributed by atoms with Gasteiger partial charge in [-0.05, 0) is 26.3 Å². The predicted octanol–water partition coefficient (Wildman–Crippen LogP) is 2.94. The van der Waals surface area contributed by atoms with Gasteiger partial charge >= 0.3 is 0 Å². The van der Waals surface area contributed by atoms with Gasteiger partial charge in [0.05, 0.1) is 11.4 Å². The number of fused-ring (bicyclic) bond motifs is 1. The van der Waals surface area contributed by atoms with Gasteiger partial charge < -0.3 is 4.57 Å². The van der Waals surface area contributed by atoms with Crippen LogP contribution in [0.2, 0.25) is 0 Å². The first kappa shape index (κ1) is 10.0. The van der Waals surface area contributed by atoms with Crippen LogP contribution in [0.3, 0.4) is 0 Å². The molecule has 13 heavy (non-hydrogen) atoms. The maximum Gasteiger partial charge on any atom is 0.106 e. The average molecular weight is 178 g/mol. The van der Waals surface area contributed by atoms with Crippen molar-refractivity contribution in [3.63, 3.8) is 0 Å². The second kappa shape index (κ2) is 4.26. The summed E-state index contributed by atoms with van der Waals surface area (Å²) >= 11 is 0. The Morgan fingerprint density at radius 3 is 2.62 bits per heavy atom. The molecule has 1 aromatic rings. The van der Waals surface area contributed by atoms with Crippen LogP contribution < -0.4 is 0 Å². The predicted molar refractivity (Wildman–Crippen MR) is 56.7 cm³/mol. The molecule has 2 heterocycles. The van der Waals surface area contributed by atoms with E-state index in [-0.39, 0.29) is 0 Å². The van der Waals surface area contributed by atoms with E-state index in [0.717, 1.165) is 24.5 Å². The van der Waals surface area contributed by atoms with Crippen molar-refractivity contribution in [3.8, 4) is 0 Å². The molecule has 0 saturated carbocycles. The Hall–Kier alpha value is -1.05. The molecule has 1 aliphatic rings. The van der Waals surface area contributed by atoms with E-state index in [1.54, 1.807) is 0 Å². The Balaban J connectivity index is 0.000000396. The summed E-state index contributed by atoms with van der Waals surface area (Å²) in [5.74, 6) is 1.14. The van der Waals surface area contributed by atoms with Gasteiger partial charge in [0.25, 0.3) is 0 Å². The van der Waals surface area contributed by atoms with Crippen LogP contribution in [0, 0.1) is 13.8 Å². The normalized spacial score (nSPS) is 13.2. The van der Waals surface area contributed by atoms with Gasteiger partial charge in [0, 0.05) is 6.54 Å². The molecule has 0 aromatic carbocycles. The highest BCUT2D eigenvalue weighted by Gasteiger charge is 2.10. The fraction of sp³-hybridized carbons (Fsp3) is 0.545. The molecule has 0 fully saturated rings. The van der Waals surface area contributed by atoms with Gasteiger partial charge in [-0.1, -0.05) is 19.9 Å². The van der Waals surface area contributed by atoms with Crippen LogP contribution in [0.5, 0.6) is 0 Å². The average Bonchev–Trinajstić information content (AvgIpc) is 2.47. The van der Waals surface area contributed by atoms with Crippen molar-refractivity contribution in [2.45, 2.75) is 40.7 Å². The molecule has 2 heteroatoms. The van der Waals surface area contributed by atoms with Crippen LogP contribution in [-0.4, -0.2) is 9.55 Å². The van der Waals surface area contributed by atoms with Gasteiger partial charge in [-0.2, -0.15) is 0 Å². The molecule has 1 aromatic heterocycles. The van der Waals surface area contributed by atoms with Gasteiger partial charge in [0.15, 0.2) is 0 Å². The second-order valence-corrected chi connectivity index (χ2v) is 2.97. The Labute approximate surface area is 80.3 Å². The van der Waals surface area contributed by atoms with Crippen molar-refractivity contribution in [1.82, 2.24) is 9.55 Å². The summed E-state index contributed by atoms with van der Waals surface area (Å²) in [5.41, 5.74) is 2.44. The van der Waals surface area contributed by atoms with Crippen LogP contribution in [0.15, 0.2) is 6.08 Å². The highest BCUT2D eigenvalue weighted by Crippen LogP contribution is 2.17. The van der Waals surface area contributed by atoms with E-state index in [1.807, 2.05) is 13.8 Å². The maximum atomic E-state index is 4.40. The third-order valence-corrected chi connectivity index (χ3v) is 2.18. The molecule has 0 bridgehead atoms. The monoisotopic (exact) mass is 178 g/mol. The second-order valence-electron chi connectivity index (χ2n) is 2.97. The molecular weight excluding hydrogens is 160 g/mol. The summed E-state index contributed by atoms with van der Waals surface area (Å²) in [6.07, 6.45) is 5.52. The van der Waals surface area contributed by atoms with E-state index in [9.17, 15) is 0 Å². The summed E-state index contributed by atoms with van der Waals surface area (Å²) in [4.78, 5) is 4.40. The van der Waals surface area contributed by atoms with Crippen molar-refractivity contribution >= 4 is 6.08 Å². The number of aromatic nitrogens is 2. The minimum atomic E-state index is 1.10. The number of hydrogen-bond acceptors (Lipinski definition) is 1. The van der Waals surface area contributed by atoms with E-state index in [1.165, 1.54) is 5.69 Å². The first-order chi connectivity index (χ1) is 6.29. The van der Waals surface area contributed by atoms with Crippen molar-refractivity contribution in [1.29, 1.82) is 0 Å². The lowest BCUT2D eigenvalue weighted by atomic mass is 10.2. The largest absolute Gasteiger partial charge is 0.328 e. The van der Waals surface area contributed by atoms with Crippen molar-refractivity contribution in [2.75, 3.05) is 0 Å². The molecule has 0 aliphatic carbocycles. The van der Waals surface area contributed by atoms with E-state index in [4.69, 9.17) is 0 Å². The molecule has 0 atom stereocenters. The van der Waals surface area contributed by atoms with Crippen LogP contribution in [0.1, 0.15) is 37.5 Å². The molecule has 2 nitrogen and oxygen atoms in total. The van der Waals surface area contributed by atoms with Gasteiger partial charge in [0.2, 0.25) is 0 Å². The zero-order chi connectivity index (χ0) is 9.84. The molecule has 0 N–H and O–H groups in total. The molecule has 0 saturated heterocycles. The van der Waals surface area contributed by atoms with E-state index < -0.39 is 0 Å². The molecular formula is C11H18N2. The van der Waals surface area contributed by atoms with Gasteiger partial charge in [-0.25, -0.2) is 4.98 Å². The van der Waals surface area contributed by atoms with E-state index in [0.29, 0.717) is 0 Å². The van der Waals surface area contributed by atoms with E-state index >= 15 is 0 Å². The molecule has 72 valence electrons. The zero-order valence-electron chi connectivity index (χ0n) is 8.96. The SMILES string of the molecule is CC.Cc1nc(C)n2c1C=CCC2. The Kier molecular flexibility index (Phi) is 3.29. The van der Waals surface area contributed by atoms with Crippen molar-refractivity contribution in [2.24, 2.45) is 0 Å². The number of imidazole rings is 1. The van der Waals surface area contributed by atoms with Gasteiger partial charge in [-0.3, -0.25) is 0 Å². The molecule has 0 spiro atoms. The fourth-order valence-corrected chi connectivity index (χ4v) is 1.62. The zero-order valence-corrected chi connectivity index (χ0v) is 8.96. The fourth-order valence-electron chi connectivity index (χ4n) is 1.62. The first-order valence-corrected chi connectivity index (χ1v) is 4.99. The topological polar surface area (TPSA) is 17.8 Å². The summed E-state index contributed by atoms with van der Waals surface area (Å²) in [6, 6.07) is 0. The smallest absolute Gasteiger partial charge is 0.106 e. The van der Waals surface area contributed by atoms with Crippen LogP contribution >= 0.6 is 0 Å². The molecule has 2 rings (SSSR count). The van der Waals surface area contributed by atoms with Crippen LogP contribution in [0.25, 0.3) is 6.08 Å². The lowest BCUT2D eigenvalue weighted by Gasteiger charge is -2.10. The third-order valence-electron chi connectivity index (χ3n) is 2.18. The number of aryl methyl sites for hydroxylation is 2. The highest BCUT2D eigenvalue weighted by atomic mass is 15.1. The minimum Gasteiger partial charge on any atom is -0.328 e. The number of rotatable bonds is 0. The molecule has 0 amide bonds. The Morgan fingerprint density at radius 2 is 2.00 bits per heavy atom. The molecule has 0 radical (unpaired) electrons. The first-order valence-electron chi connectivity index (χ1n) is 4.99. The van der Waals surface area contributed by atoms with Crippen molar-refractivity contribution in [3.05, 3.63) is 23.3 Å². The lowest BCUT2D eigenvalue weighted by molar-refractivity contribution is 0.669. The van der Waals surface area contributed by atoms with Gasteiger partial charge in [-0.15, -0.1) is 0 Å². The molecule has 0 unspecified atom stereocenters. The van der Waals surface area contributed by atoms with Crippen LogP contribution in [0.4, 0.5) is 0 Å². The van der Waals surface area contributed by atoms with Gasteiger partial charge in [0.1, 0.15) is 5.82 Å².